The molecule has 1 heteroatoms. The SMILES string of the molecule is CCc1ccc(CC)c(CCCF)c1. The average molecular weight is 194 g/mol. The van der Waals surface area contributed by atoms with Gasteiger partial charge in [-0.2, -0.15) is 0 Å². The molecule has 0 saturated heterocycles. The van der Waals surface area contributed by atoms with Gasteiger partial charge in [0.25, 0.3) is 0 Å². The van der Waals surface area contributed by atoms with E-state index < -0.39 is 0 Å². The summed E-state index contributed by atoms with van der Waals surface area (Å²) in [7, 11) is 0. The van der Waals surface area contributed by atoms with Crippen molar-refractivity contribution in [1.29, 1.82) is 0 Å². The Hall–Kier alpha value is -0.850. The van der Waals surface area contributed by atoms with E-state index in [4.69, 9.17) is 0 Å². The smallest absolute Gasteiger partial charge is 0.0897 e. The molecular formula is C13H19F. The molecule has 0 atom stereocenters. The van der Waals surface area contributed by atoms with Crippen molar-refractivity contribution in [2.75, 3.05) is 6.67 Å². The summed E-state index contributed by atoms with van der Waals surface area (Å²) in [5, 5.41) is 0. The lowest BCUT2D eigenvalue weighted by atomic mass is 9.98. The lowest BCUT2D eigenvalue weighted by Gasteiger charge is -2.08. The van der Waals surface area contributed by atoms with Gasteiger partial charge in [-0.15, -0.1) is 0 Å². The van der Waals surface area contributed by atoms with Crippen LogP contribution in [0.2, 0.25) is 0 Å². The molecule has 0 spiro atoms. The van der Waals surface area contributed by atoms with Crippen LogP contribution in [0.5, 0.6) is 0 Å². The number of rotatable bonds is 5. The van der Waals surface area contributed by atoms with Crippen molar-refractivity contribution in [3.63, 3.8) is 0 Å². The summed E-state index contributed by atoms with van der Waals surface area (Å²) in [6.45, 7) is 4.10. The summed E-state index contributed by atoms with van der Waals surface area (Å²) in [5.74, 6) is 0. The minimum Gasteiger partial charge on any atom is -0.251 e. The molecule has 78 valence electrons. The van der Waals surface area contributed by atoms with Crippen LogP contribution in [0.25, 0.3) is 0 Å². The first-order valence-corrected chi connectivity index (χ1v) is 5.48. The second kappa shape index (κ2) is 5.79. The quantitative estimate of drug-likeness (QED) is 0.670. The average Bonchev–Trinajstić information content (AvgIpc) is 2.25. The number of hydrogen-bond acceptors (Lipinski definition) is 0. The van der Waals surface area contributed by atoms with Crippen molar-refractivity contribution in [1.82, 2.24) is 0 Å². The van der Waals surface area contributed by atoms with E-state index in [9.17, 15) is 4.39 Å². The summed E-state index contributed by atoms with van der Waals surface area (Å²) >= 11 is 0. The molecule has 0 aromatic heterocycles. The highest BCUT2D eigenvalue weighted by atomic mass is 19.1. The lowest BCUT2D eigenvalue weighted by molar-refractivity contribution is 0.472. The molecule has 0 radical (unpaired) electrons. The molecule has 0 aliphatic rings. The van der Waals surface area contributed by atoms with Crippen molar-refractivity contribution in [2.24, 2.45) is 0 Å². The fourth-order valence-corrected chi connectivity index (χ4v) is 1.73. The van der Waals surface area contributed by atoms with E-state index in [0.717, 1.165) is 19.3 Å². The third-order valence-corrected chi connectivity index (χ3v) is 2.64. The maximum absolute atomic E-state index is 12.1. The number of alkyl halides is 1. The second-order valence-electron chi connectivity index (χ2n) is 3.60. The second-order valence-corrected chi connectivity index (χ2v) is 3.60. The van der Waals surface area contributed by atoms with Gasteiger partial charge in [-0.3, -0.25) is 4.39 Å². The molecule has 0 amide bonds. The summed E-state index contributed by atoms with van der Waals surface area (Å²) in [6, 6.07) is 6.60. The number of hydrogen-bond donors (Lipinski definition) is 0. The first kappa shape index (κ1) is 11.2. The van der Waals surface area contributed by atoms with Crippen LogP contribution < -0.4 is 0 Å². The van der Waals surface area contributed by atoms with Gasteiger partial charge in [-0.1, -0.05) is 32.0 Å². The van der Waals surface area contributed by atoms with Crippen LogP contribution in [0.3, 0.4) is 0 Å². The first-order chi connectivity index (χ1) is 6.81. The first-order valence-electron chi connectivity index (χ1n) is 5.48. The Kier molecular flexibility index (Phi) is 4.64. The van der Waals surface area contributed by atoms with E-state index in [1.165, 1.54) is 16.7 Å². The Morgan fingerprint density at radius 2 is 1.86 bits per heavy atom. The van der Waals surface area contributed by atoms with Crippen LogP contribution in [0.1, 0.15) is 37.0 Å². The van der Waals surface area contributed by atoms with Crippen LogP contribution in [0.4, 0.5) is 4.39 Å². The third-order valence-electron chi connectivity index (χ3n) is 2.64. The lowest BCUT2D eigenvalue weighted by Crippen LogP contribution is -1.96. The highest BCUT2D eigenvalue weighted by molar-refractivity contribution is 5.32. The summed E-state index contributed by atoms with van der Waals surface area (Å²) in [6.07, 6.45) is 3.64. The fraction of sp³-hybridized carbons (Fsp3) is 0.538. The van der Waals surface area contributed by atoms with Crippen LogP contribution in [-0.2, 0) is 19.3 Å². The predicted molar refractivity (Wildman–Crippen MR) is 59.5 cm³/mol. The molecule has 1 rings (SSSR count). The molecular weight excluding hydrogens is 175 g/mol. The van der Waals surface area contributed by atoms with Gasteiger partial charge in [0, 0.05) is 0 Å². The van der Waals surface area contributed by atoms with Crippen molar-refractivity contribution in [3.05, 3.63) is 34.9 Å². The monoisotopic (exact) mass is 194 g/mol. The molecule has 0 aliphatic heterocycles. The Bertz CT molecular complexity index is 279. The van der Waals surface area contributed by atoms with Crippen LogP contribution in [-0.4, -0.2) is 6.67 Å². The molecule has 14 heavy (non-hydrogen) atoms. The van der Waals surface area contributed by atoms with Crippen LogP contribution in [0.15, 0.2) is 18.2 Å². The number of benzene rings is 1. The normalized spacial score (nSPS) is 10.5. The highest BCUT2D eigenvalue weighted by Gasteiger charge is 2.01. The Labute approximate surface area is 86.2 Å². The van der Waals surface area contributed by atoms with Crippen LogP contribution >= 0.6 is 0 Å². The van der Waals surface area contributed by atoms with Gasteiger partial charge in [-0.05, 0) is 42.4 Å². The highest BCUT2D eigenvalue weighted by Crippen LogP contribution is 2.15. The Balaban J connectivity index is 2.84. The van der Waals surface area contributed by atoms with E-state index in [-0.39, 0.29) is 6.67 Å². The standard InChI is InChI=1S/C13H19F/c1-3-11-7-8-12(4-2)13(10-11)6-5-9-14/h7-8,10H,3-6,9H2,1-2H3. The largest absolute Gasteiger partial charge is 0.251 e. The van der Waals surface area contributed by atoms with Gasteiger partial charge in [0.2, 0.25) is 0 Å². The fourth-order valence-electron chi connectivity index (χ4n) is 1.73. The van der Waals surface area contributed by atoms with Crippen molar-refractivity contribution in [3.8, 4) is 0 Å². The number of aryl methyl sites for hydroxylation is 3. The van der Waals surface area contributed by atoms with Gasteiger partial charge in [0.15, 0.2) is 0 Å². The van der Waals surface area contributed by atoms with E-state index in [2.05, 4.69) is 32.0 Å². The maximum Gasteiger partial charge on any atom is 0.0897 e. The maximum atomic E-state index is 12.1. The molecule has 0 saturated carbocycles. The van der Waals surface area contributed by atoms with E-state index in [1.54, 1.807) is 0 Å². The van der Waals surface area contributed by atoms with E-state index >= 15 is 0 Å². The van der Waals surface area contributed by atoms with Gasteiger partial charge in [0.1, 0.15) is 0 Å². The van der Waals surface area contributed by atoms with Crippen molar-refractivity contribution in [2.45, 2.75) is 39.5 Å². The van der Waals surface area contributed by atoms with Gasteiger partial charge < -0.3 is 0 Å². The summed E-state index contributed by atoms with van der Waals surface area (Å²) in [4.78, 5) is 0. The summed E-state index contributed by atoms with van der Waals surface area (Å²) < 4.78 is 12.1. The molecule has 1 aromatic rings. The zero-order valence-electron chi connectivity index (χ0n) is 9.15. The predicted octanol–water partition coefficient (Wildman–Crippen LogP) is 3.71. The third kappa shape index (κ3) is 2.83. The van der Waals surface area contributed by atoms with Crippen LogP contribution in [0, 0.1) is 0 Å². The van der Waals surface area contributed by atoms with E-state index in [1.807, 2.05) is 0 Å². The van der Waals surface area contributed by atoms with Gasteiger partial charge in [-0.25, -0.2) is 0 Å². The summed E-state index contributed by atoms with van der Waals surface area (Å²) in [5.41, 5.74) is 4.07. The minimum absolute atomic E-state index is 0.209. The zero-order chi connectivity index (χ0) is 10.4. The molecule has 0 bridgehead atoms. The molecule has 0 N–H and O–H groups in total. The Morgan fingerprint density at radius 3 is 2.43 bits per heavy atom. The zero-order valence-corrected chi connectivity index (χ0v) is 9.15. The molecule has 0 nitrogen and oxygen atoms in total. The minimum atomic E-state index is -0.209. The van der Waals surface area contributed by atoms with Crippen molar-refractivity contribution >= 4 is 0 Å². The molecule has 0 heterocycles. The molecule has 0 aliphatic carbocycles. The molecule has 1 aromatic carbocycles. The van der Waals surface area contributed by atoms with E-state index in [0.29, 0.717) is 6.42 Å². The van der Waals surface area contributed by atoms with Crippen molar-refractivity contribution < 1.29 is 4.39 Å². The topological polar surface area (TPSA) is 0 Å². The number of halogens is 1. The molecule has 0 fully saturated rings. The molecule has 0 unspecified atom stereocenters. The van der Waals surface area contributed by atoms with Gasteiger partial charge in [0.05, 0.1) is 6.67 Å². The Morgan fingerprint density at radius 1 is 1.07 bits per heavy atom. The van der Waals surface area contributed by atoms with Gasteiger partial charge >= 0.3 is 0 Å².